The first-order chi connectivity index (χ1) is 10.7. The summed E-state index contributed by atoms with van der Waals surface area (Å²) < 4.78 is 26.8. The number of benzene rings is 1. The average molecular weight is 323 g/mol. The van der Waals surface area contributed by atoms with Crippen LogP contribution in [-0.2, 0) is 0 Å². The fourth-order valence-electron chi connectivity index (χ4n) is 2.44. The van der Waals surface area contributed by atoms with Gasteiger partial charge in [0.2, 0.25) is 0 Å². The maximum atomic E-state index is 13.6. The van der Waals surface area contributed by atoms with E-state index in [-0.39, 0.29) is 6.04 Å². The predicted octanol–water partition coefficient (Wildman–Crippen LogP) is 3.44. The highest BCUT2D eigenvalue weighted by Gasteiger charge is 2.37. The van der Waals surface area contributed by atoms with Gasteiger partial charge in [0.25, 0.3) is 0 Å². The maximum absolute atomic E-state index is 13.6. The largest absolute Gasteiger partial charge is 0.335 e. The molecule has 1 atom stereocenters. The summed E-state index contributed by atoms with van der Waals surface area (Å²) in [6.45, 7) is 6.95. The Bertz CT molecular complexity index is 686. The van der Waals surface area contributed by atoms with E-state index in [0.717, 1.165) is 17.0 Å². The monoisotopic (exact) mass is 323 g/mol. The SMILES string of the molecule is CC1=C(C)[C@H](c2ccc(F)c(F)c2)N(C(=O)NC(C)C)C(=O)N1. The lowest BCUT2D eigenvalue weighted by Gasteiger charge is -2.36. The van der Waals surface area contributed by atoms with Gasteiger partial charge in [-0.1, -0.05) is 6.07 Å². The third-order valence-electron chi connectivity index (χ3n) is 3.66. The van der Waals surface area contributed by atoms with E-state index in [1.54, 1.807) is 27.7 Å². The molecule has 1 aromatic carbocycles. The number of nitrogens with one attached hydrogen (secondary N) is 2. The molecule has 1 heterocycles. The van der Waals surface area contributed by atoms with Gasteiger partial charge in [-0.05, 0) is 51.0 Å². The third-order valence-corrected chi connectivity index (χ3v) is 3.66. The van der Waals surface area contributed by atoms with Crippen LogP contribution in [0.25, 0.3) is 0 Å². The number of rotatable bonds is 2. The molecule has 23 heavy (non-hydrogen) atoms. The molecule has 0 bridgehead atoms. The van der Waals surface area contributed by atoms with Gasteiger partial charge in [0.05, 0.1) is 6.04 Å². The molecule has 0 aromatic heterocycles. The summed E-state index contributed by atoms with van der Waals surface area (Å²) in [4.78, 5) is 25.6. The molecule has 1 aliphatic heterocycles. The Labute approximate surface area is 133 Å². The Morgan fingerprint density at radius 2 is 1.91 bits per heavy atom. The fraction of sp³-hybridized carbons (Fsp3) is 0.375. The predicted molar refractivity (Wildman–Crippen MR) is 81.5 cm³/mol. The minimum atomic E-state index is -1.02. The lowest BCUT2D eigenvalue weighted by atomic mass is 9.95. The van der Waals surface area contributed by atoms with Crippen molar-refractivity contribution >= 4 is 12.1 Å². The van der Waals surface area contributed by atoms with Crippen LogP contribution in [0.2, 0.25) is 0 Å². The fourth-order valence-corrected chi connectivity index (χ4v) is 2.44. The molecule has 0 spiro atoms. The topological polar surface area (TPSA) is 61.4 Å². The molecule has 124 valence electrons. The number of carbonyl (C=O) groups excluding carboxylic acids is 2. The first-order valence-corrected chi connectivity index (χ1v) is 7.25. The zero-order chi connectivity index (χ0) is 17.3. The molecule has 2 rings (SSSR count). The first-order valence-electron chi connectivity index (χ1n) is 7.25. The first kappa shape index (κ1) is 16.9. The van der Waals surface area contributed by atoms with Crippen molar-refractivity contribution in [2.45, 2.75) is 39.8 Å². The van der Waals surface area contributed by atoms with Crippen molar-refractivity contribution in [1.82, 2.24) is 15.5 Å². The Kier molecular flexibility index (Phi) is 4.68. The van der Waals surface area contributed by atoms with E-state index in [1.807, 2.05) is 0 Å². The Hall–Kier alpha value is -2.44. The minimum Gasteiger partial charge on any atom is -0.335 e. The van der Waals surface area contributed by atoms with Crippen LogP contribution in [0, 0.1) is 11.6 Å². The van der Waals surface area contributed by atoms with Crippen LogP contribution in [0.1, 0.15) is 39.3 Å². The molecule has 1 aliphatic rings. The van der Waals surface area contributed by atoms with E-state index < -0.39 is 29.7 Å². The van der Waals surface area contributed by atoms with Crippen LogP contribution in [0.4, 0.5) is 18.4 Å². The standard InChI is InChI=1S/C16H19F2N3O2/c1-8(2)19-15(22)21-14(9(3)10(4)20-16(21)23)11-5-6-12(17)13(18)7-11/h5-8,14H,1-4H3,(H,19,22)(H,20,23)/t14-/m1/s1. The highest BCUT2D eigenvalue weighted by Crippen LogP contribution is 2.33. The summed E-state index contributed by atoms with van der Waals surface area (Å²) in [5, 5.41) is 5.24. The lowest BCUT2D eigenvalue weighted by molar-refractivity contribution is 0.170. The van der Waals surface area contributed by atoms with Crippen molar-refractivity contribution < 1.29 is 18.4 Å². The van der Waals surface area contributed by atoms with Crippen LogP contribution in [0.5, 0.6) is 0 Å². The van der Waals surface area contributed by atoms with Crippen molar-refractivity contribution in [3.63, 3.8) is 0 Å². The number of halogens is 2. The van der Waals surface area contributed by atoms with Crippen LogP contribution >= 0.6 is 0 Å². The van der Waals surface area contributed by atoms with Crippen molar-refractivity contribution in [3.8, 4) is 0 Å². The number of amides is 4. The second-order valence-electron chi connectivity index (χ2n) is 5.79. The maximum Gasteiger partial charge on any atom is 0.330 e. The molecule has 0 unspecified atom stereocenters. The molecule has 2 N–H and O–H groups in total. The van der Waals surface area contributed by atoms with Crippen LogP contribution in [0.3, 0.4) is 0 Å². The molecule has 0 aliphatic carbocycles. The minimum absolute atomic E-state index is 0.173. The molecular formula is C16H19F2N3O2. The van der Waals surface area contributed by atoms with E-state index in [2.05, 4.69) is 10.6 Å². The zero-order valence-corrected chi connectivity index (χ0v) is 13.4. The highest BCUT2D eigenvalue weighted by atomic mass is 19.2. The zero-order valence-electron chi connectivity index (χ0n) is 13.4. The van der Waals surface area contributed by atoms with Gasteiger partial charge in [0.15, 0.2) is 11.6 Å². The number of carbonyl (C=O) groups is 2. The molecule has 0 radical (unpaired) electrons. The van der Waals surface area contributed by atoms with Crippen molar-refractivity contribution in [2.75, 3.05) is 0 Å². The quantitative estimate of drug-likeness (QED) is 0.876. The Morgan fingerprint density at radius 1 is 1.26 bits per heavy atom. The van der Waals surface area contributed by atoms with Gasteiger partial charge < -0.3 is 10.6 Å². The van der Waals surface area contributed by atoms with Crippen LogP contribution in [0.15, 0.2) is 29.5 Å². The third kappa shape index (κ3) is 3.33. The normalized spacial score (nSPS) is 18.3. The molecule has 0 saturated carbocycles. The number of hydrogen-bond acceptors (Lipinski definition) is 2. The Morgan fingerprint density at radius 3 is 2.48 bits per heavy atom. The molecular weight excluding hydrogens is 304 g/mol. The van der Waals surface area contributed by atoms with E-state index in [1.165, 1.54) is 6.07 Å². The van der Waals surface area contributed by atoms with Gasteiger partial charge >= 0.3 is 12.1 Å². The van der Waals surface area contributed by atoms with E-state index in [9.17, 15) is 18.4 Å². The molecule has 5 nitrogen and oxygen atoms in total. The number of urea groups is 2. The summed E-state index contributed by atoms with van der Waals surface area (Å²) in [6.07, 6.45) is 0. The molecule has 0 saturated heterocycles. The van der Waals surface area contributed by atoms with Gasteiger partial charge in [-0.3, -0.25) is 0 Å². The average Bonchev–Trinajstić information content (AvgIpc) is 2.44. The van der Waals surface area contributed by atoms with Gasteiger partial charge in [0.1, 0.15) is 0 Å². The van der Waals surface area contributed by atoms with Gasteiger partial charge in [-0.2, -0.15) is 0 Å². The van der Waals surface area contributed by atoms with Gasteiger partial charge in [0, 0.05) is 11.7 Å². The second-order valence-corrected chi connectivity index (χ2v) is 5.79. The Balaban J connectivity index is 2.51. The summed E-state index contributed by atoms with van der Waals surface area (Å²) in [5.41, 5.74) is 1.59. The van der Waals surface area contributed by atoms with E-state index in [0.29, 0.717) is 16.8 Å². The van der Waals surface area contributed by atoms with Gasteiger partial charge in [-0.15, -0.1) is 0 Å². The molecule has 0 fully saturated rings. The summed E-state index contributed by atoms with van der Waals surface area (Å²) in [7, 11) is 0. The number of imide groups is 1. The smallest absolute Gasteiger partial charge is 0.330 e. The van der Waals surface area contributed by atoms with Gasteiger partial charge in [-0.25, -0.2) is 23.3 Å². The highest BCUT2D eigenvalue weighted by molar-refractivity contribution is 5.96. The van der Waals surface area contributed by atoms with Crippen LogP contribution < -0.4 is 10.6 Å². The molecule has 4 amide bonds. The lowest BCUT2D eigenvalue weighted by Crippen LogP contribution is -2.54. The van der Waals surface area contributed by atoms with Crippen molar-refractivity contribution in [1.29, 1.82) is 0 Å². The molecule has 1 aromatic rings. The van der Waals surface area contributed by atoms with Crippen molar-refractivity contribution in [3.05, 3.63) is 46.7 Å². The second kappa shape index (κ2) is 6.36. The number of nitrogens with zero attached hydrogens (tertiary/aromatic N) is 1. The van der Waals surface area contributed by atoms with Crippen molar-refractivity contribution in [2.24, 2.45) is 0 Å². The van der Waals surface area contributed by atoms with Crippen LogP contribution in [-0.4, -0.2) is 23.0 Å². The van der Waals surface area contributed by atoms with E-state index in [4.69, 9.17) is 0 Å². The number of hydrogen-bond donors (Lipinski definition) is 2. The summed E-state index contributed by atoms with van der Waals surface area (Å²) in [6, 6.07) is 1.18. The summed E-state index contributed by atoms with van der Waals surface area (Å²) in [5.74, 6) is -2.01. The number of allylic oxidation sites excluding steroid dienone is 1. The summed E-state index contributed by atoms with van der Waals surface area (Å²) >= 11 is 0. The van der Waals surface area contributed by atoms with E-state index >= 15 is 0 Å². The molecule has 7 heteroatoms.